The van der Waals surface area contributed by atoms with Gasteiger partial charge in [0.25, 0.3) is 0 Å². The number of carboxylic acid groups (broad SMARTS) is 1. The van der Waals surface area contributed by atoms with Crippen LogP contribution in [0, 0.1) is 0 Å². The van der Waals surface area contributed by atoms with Crippen molar-refractivity contribution >= 4 is 5.97 Å². The zero-order valence-electron chi connectivity index (χ0n) is 5.58. The average Bonchev–Trinajstić information content (AvgIpc) is 2.37. The minimum absolute atomic E-state index is 0.0940. The molecule has 0 spiro atoms. The Hall–Kier alpha value is -1.39. The number of aromatic nitrogens is 1. The molecule has 1 N–H and O–H groups in total. The predicted octanol–water partition coefficient (Wildman–Crippen LogP) is 0.885. The molecular weight excluding hydrogens is 153 g/mol. The molecule has 0 saturated carbocycles. The maximum atomic E-state index is 11.7. The van der Waals surface area contributed by atoms with Crippen LogP contribution in [0.1, 0.15) is 16.2 Å². The van der Waals surface area contributed by atoms with Crippen LogP contribution in [0.2, 0.25) is 0 Å². The van der Waals surface area contributed by atoms with Crippen LogP contribution in [0.5, 0.6) is 0 Å². The van der Waals surface area contributed by atoms with E-state index in [0.29, 0.717) is 5.69 Å². The molecule has 0 bridgehead atoms. The Balaban J connectivity index is 2.73. The summed E-state index contributed by atoms with van der Waals surface area (Å²) in [6, 6.07) is 1.21. The van der Waals surface area contributed by atoms with Gasteiger partial charge in [0.2, 0.25) is 5.76 Å². The van der Waals surface area contributed by atoms with Crippen molar-refractivity contribution in [1.29, 1.82) is 0 Å². The molecule has 0 amide bonds. The molecule has 0 aliphatic heterocycles. The first-order valence-corrected chi connectivity index (χ1v) is 2.99. The van der Waals surface area contributed by atoms with E-state index in [1.165, 1.54) is 6.07 Å². The van der Waals surface area contributed by atoms with E-state index in [-0.39, 0.29) is 12.2 Å². The van der Waals surface area contributed by atoms with Gasteiger partial charge in [-0.3, -0.25) is 4.39 Å². The molecule has 0 aromatic carbocycles. The van der Waals surface area contributed by atoms with Gasteiger partial charge in [0.1, 0.15) is 0 Å². The van der Waals surface area contributed by atoms with Gasteiger partial charge < -0.3 is 9.63 Å². The highest BCUT2D eigenvalue weighted by Gasteiger charge is 2.09. The van der Waals surface area contributed by atoms with Crippen molar-refractivity contribution in [3.05, 3.63) is 17.5 Å². The summed E-state index contributed by atoms with van der Waals surface area (Å²) in [5.74, 6) is -1.45. The lowest BCUT2D eigenvalue weighted by Gasteiger charge is -1.80. The molecule has 1 aromatic heterocycles. The fraction of sp³-hybridized carbons (Fsp3) is 0.333. The van der Waals surface area contributed by atoms with Crippen LogP contribution in [-0.2, 0) is 6.42 Å². The first-order chi connectivity index (χ1) is 5.24. The number of carboxylic acids is 1. The van der Waals surface area contributed by atoms with E-state index in [1.807, 2.05) is 0 Å². The van der Waals surface area contributed by atoms with Gasteiger partial charge in [-0.25, -0.2) is 4.79 Å². The fourth-order valence-corrected chi connectivity index (χ4v) is 0.627. The van der Waals surface area contributed by atoms with Crippen molar-refractivity contribution in [1.82, 2.24) is 5.16 Å². The quantitative estimate of drug-likeness (QED) is 0.711. The van der Waals surface area contributed by atoms with Crippen molar-refractivity contribution < 1.29 is 18.8 Å². The second-order valence-electron chi connectivity index (χ2n) is 1.93. The Morgan fingerprint density at radius 1 is 1.82 bits per heavy atom. The number of carbonyl (C=O) groups is 1. The number of rotatable bonds is 3. The van der Waals surface area contributed by atoms with E-state index in [4.69, 9.17) is 5.11 Å². The van der Waals surface area contributed by atoms with Gasteiger partial charge in [-0.15, -0.1) is 0 Å². The van der Waals surface area contributed by atoms with E-state index < -0.39 is 12.6 Å². The van der Waals surface area contributed by atoms with Gasteiger partial charge in [-0.05, 0) is 0 Å². The zero-order valence-corrected chi connectivity index (χ0v) is 5.58. The van der Waals surface area contributed by atoms with Crippen molar-refractivity contribution in [3.63, 3.8) is 0 Å². The topological polar surface area (TPSA) is 63.3 Å². The van der Waals surface area contributed by atoms with Crippen LogP contribution in [-0.4, -0.2) is 22.9 Å². The maximum Gasteiger partial charge on any atom is 0.374 e. The van der Waals surface area contributed by atoms with E-state index in [0.717, 1.165) is 0 Å². The molecule has 5 heteroatoms. The second-order valence-corrected chi connectivity index (χ2v) is 1.93. The lowest BCUT2D eigenvalue weighted by Crippen LogP contribution is -1.92. The van der Waals surface area contributed by atoms with Crippen LogP contribution >= 0.6 is 0 Å². The lowest BCUT2D eigenvalue weighted by molar-refractivity contribution is 0.0652. The summed E-state index contributed by atoms with van der Waals surface area (Å²) in [5, 5.41) is 11.7. The highest BCUT2D eigenvalue weighted by atomic mass is 19.1. The standard InChI is InChI=1S/C6H6FNO3/c7-2-1-4-3-5(6(9)10)11-8-4/h3H,1-2H2,(H,9,10). The molecule has 11 heavy (non-hydrogen) atoms. The molecule has 4 nitrogen and oxygen atoms in total. The minimum atomic E-state index is -1.19. The van der Waals surface area contributed by atoms with Crippen LogP contribution in [0.15, 0.2) is 10.6 Å². The normalized spacial score (nSPS) is 9.91. The summed E-state index contributed by atoms with van der Waals surface area (Å²) >= 11 is 0. The fourth-order valence-electron chi connectivity index (χ4n) is 0.627. The smallest absolute Gasteiger partial charge is 0.374 e. The first-order valence-electron chi connectivity index (χ1n) is 2.99. The Morgan fingerprint density at radius 2 is 2.55 bits per heavy atom. The molecule has 0 aliphatic carbocycles. The third-order valence-electron chi connectivity index (χ3n) is 1.12. The Kier molecular flexibility index (Phi) is 2.20. The number of aromatic carboxylic acids is 1. The van der Waals surface area contributed by atoms with Gasteiger partial charge in [0.15, 0.2) is 0 Å². The van der Waals surface area contributed by atoms with Crippen molar-refractivity contribution in [2.24, 2.45) is 0 Å². The van der Waals surface area contributed by atoms with Crippen molar-refractivity contribution in [2.75, 3.05) is 6.67 Å². The summed E-state index contributed by atoms with van der Waals surface area (Å²) in [6.45, 7) is -0.564. The Labute approximate surface area is 61.6 Å². The highest BCUT2D eigenvalue weighted by Crippen LogP contribution is 2.03. The molecule has 0 unspecified atom stereocenters. The molecule has 0 saturated heterocycles. The Morgan fingerprint density at radius 3 is 3.00 bits per heavy atom. The summed E-state index contributed by atoms with van der Waals surface area (Å²) in [5.41, 5.74) is 0.324. The molecule has 1 heterocycles. The summed E-state index contributed by atoms with van der Waals surface area (Å²) < 4.78 is 16.0. The second kappa shape index (κ2) is 3.14. The number of halogens is 1. The van der Waals surface area contributed by atoms with Crippen LogP contribution in [0.4, 0.5) is 4.39 Å². The molecule has 60 valence electrons. The largest absolute Gasteiger partial charge is 0.475 e. The van der Waals surface area contributed by atoms with E-state index in [2.05, 4.69) is 9.68 Å². The van der Waals surface area contributed by atoms with E-state index in [1.54, 1.807) is 0 Å². The molecule has 0 radical (unpaired) electrons. The summed E-state index contributed by atoms with van der Waals surface area (Å²) in [7, 11) is 0. The molecule has 0 fully saturated rings. The number of alkyl halides is 1. The van der Waals surface area contributed by atoms with Crippen LogP contribution in [0.25, 0.3) is 0 Å². The highest BCUT2D eigenvalue weighted by molar-refractivity contribution is 5.84. The third-order valence-corrected chi connectivity index (χ3v) is 1.12. The molecule has 0 atom stereocenters. The molecular formula is C6H6FNO3. The molecule has 1 rings (SSSR count). The predicted molar refractivity (Wildman–Crippen MR) is 33.1 cm³/mol. The minimum Gasteiger partial charge on any atom is -0.475 e. The van der Waals surface area contributed by atoms with Gasteiger partial charge in [0, 0.05) is 12.5 Å². The van der Waals surface area contributed by atoms with E-state index in [9.17, 15) is 9.18 Å². The van der Waals surface area contributed by atoms with E-state index >= 15 is 0 Å². The average molecular weight is 159 g/mol. The molecule has 1 aromatic rings. The maximum absolute atomic E-state index is 11.7. The number of aryl methyl sites for hydroxylation is 1. The molecule has 0 aliphatic rings. The summed E-state index contributed by atoms with van der Waals surface area (Å²) in [4.78, 5) is 10.2. The van der Waals surface area contributed by atoms with Gasteiger partial charge >= 0.3 is 5.97 Å². The van der Waals surface area contributed by atoms with Gasteiger partial charge in [-0.1, -0.05) is 5.16 Å². The van der Waals surface area contributed by atoms with Crippen molar-refractivity contribution in [3.8, 4) is 0 Å². The number of nitrogens with zero attached hydrogens (tertiary/aromatic N) is 1. The van der Waals surface area contributed by atoms with Crippen molar-refractivity contribution in [2.45, 2.75) is 6.42 Å². The third kappa shape index (κ3) is 1.76. The number of hydrogen-bond acceptors (Lipinski definition) is 3. The SMILES string of the molecule is O=C(O)c1cc(CCF)no1. The monoisotopic (exact) mass is 159 g/mol. The Bertz CT molecular complexity index is 258. The lowest BCUT2D eigenvalue weighted by atomic mass is 10.3. The first kappa shape index (κ1) is 7.71. The zero-order chi connectivity index (χ0) is 8.27. The van der Waals surface area contributed by atoms with Gasteiger partial charge in [0.05, 0.1) is 12.4 Å². The van der Waals surface area contributed by atoms with Crippen LogP contribution < -0.4 is 0 Å². The van der Waals surface area contributed by atoms with Crippen LogP contribution in [0.3, 0.4) is 0 Å². The summed E-state index contributed by atoms with van der Waals surface area (Å²) in [6.07, 6.45) is 0.0940. The number of hydrogen-bond donors (Lipinski definition) is 1. The van der Waals surface area contributed by atoms with Gasteiger partial charge in [-0.2, -0.15) is 0 Å².